The molecule has 0 bridgehead atoms. The number of rotatable bonds is 5. The molecule has 0 atom stereocenters. The third kappa shape index (κ3) is 3.32. The summed E-state index contributed by atoms with van der Waals surface area (Å²) in [5.74, 6) is 1.73. The molecule has 0 fully saturated rings. The zero-order chi connectivity index (χ0) is 14.5. The molecule has 2 nitrogen and oxygen atoms in total. The van der Waals surface area contributed by atoms with Crippen molar-refractivity contribution in [1.29, 1.82) is 0 Å². The minimum atomic E-state index is 0.831. The van der Waals surface area contributed by atoms with Crippen LogP contribution in [0.3, 0.4) is 0 Å². The Labute approximate surface area is 121 Å². The van der Waals surface area contributed by atoms with Crippen molar-refractivity contribution >= 4 is 0 Å². The maximum absolute atomic E-state index is 5.45. The Hall–Kier alpha value is -1.96. The molecule has 0 heterocycles. The fourth-order valence-electron chi connectivity index (χ4n) is 2.40. The molecule has 0 radical (unpaired) electrons. The summed E-state index contributed by atoms with van der Waals surface area (Å²) in [6, 6.07) is 12.6. The molecule has 0 amide bonds. The summed E-state index contributed by atoms with van der Waals surface area (Å²) in [5.41, 5.74) is 5.28. The minimum absolute atomic E-state index is 0.831. The molecule has 0 saturated carbocycles. The average molecular weight is 270 g/mol. The van der Waals surface area contributed by atoms with Gasteiger partial charge in [-0.05, 0) is 49.4 Å². The van der Waals surface area contributed by atoms with E-state index in [4.69, 9.17) is 9.47 Å². The number of hydrogen-bond donors (Lipinski definition) is 0. The van der Waals surface area contributed by atoms with Crippen LogP contribution in [-0.2, 0) is 12.8 Å². The molecule has 0 unspecified atom stereocenters. The van der Waals surface area contributed by atoms with Crippen LogP contribution >= 0.6 is 0 Å². The summed E-state index contributed by atoms with van der Waals surface area (Å²) in [6.45, 7) is 4.30. The Balaban J connectivity index is 2.16. The lowest BCUT2D eigenvalue weighted by Gasteiger charge is -2.12. The van der Waals surface area contributed by atoms with Crippen LogP contribution in [0.15, 0.2) is 36.4 Å². The molecule has 0 spiro atoms. The predicted molar refractivity (Wildman–Crippen MR) is 82.9 cm³/mol. The molecule has 2 heteroatoms. The van der Waals surface area contributed by atoms with E-state index in [0.717, 1.165) is 24.3 Å². The van der Waals surface area contributed by atoms with Gasteiger partial charge in [-0.1, -0.05) is 29.8 Å². The van der Waals surface area contributed by atoms with Crippen LogP contribution in [0.5, 0.6) is 11.5 Å². The summed E-state index contributed by atoms with van der Waals surface area (Å²) in [6.07, 6.45) is 1.99. The SMILES string of the molecule is COc1ccc(CCc2cc(C)ccc2C)c(OC)c1. The zero-order valence-electron chi connectivity index (χ0n) is 12.7. The highest BCUT2D eigenvalue weighted by atomic mass is 16.5. The molecule has 0 aliphatic rings. The van der Waals surface area contributed by atoms with Crippen molar-refractivity contribution in [2.24, 2.45) is 0 Å². The summed E-state index contributed by atoms with van der Waals surface area (Å²) < 4.78 is 10.7. The van der Waals surface area contributed by atoms with Gasteiger partial charge in [-0.25, -0.2) is 0 Å². The van der Waals surface area contributed by atoms with Crippen LogP contribution in [0.25, 0.3) is 0 Å². The quantitative estimate of drug-likeness (QED) is 0.814. The van der Waals surface area contributed by atoms with Gasteiger partial charge in [0.1, 0.15) is 11.5 Å². The Morgan fingerprint density at radius 3 is 2.25 bits per heavy atom. The van der Waals surface area contributed by atoms with Crippen LogP contribution < -0.4 is 9.47 Å². The maximum atomic E-state index is 5.45. The first kappa shape index (κ1) is 14.4. The molecule has 0 saturated heterocycles. The fourth-order valence-corrected chi connectivity index (χ4v) is 2.40. The highest BCUT2D eigenvalue weighted by molar-refractivity contribution is 5.41. The second-order valence-electron chi connectivity index (χ2n) is 5.11. The van der Waals surface area contributed by atoms with Gasteiger partial charge < -0.3 is 9.47 Å². The summed E-state index contributed by atoms with van der Waals surface area (Å²) >= 11 is 0. The van der Waals surface area contributed by atoms with Crippen molar-refractivity contribution in [2.45, 2.75) is 26.7 Å². The fraction of sp³-hybridized carbons (Fsp3) is 0.333. The van der Waals surface area contributed by atoms with Gasteiger partial charge in [0.05, 0.1) is 14.2 Å². The third-order valence-electron chi connectivity index (χ3n) is 3.66. The molecule has 2 aromatic carbocycles. The third-order valence-corrected chi connectivity index (χ3v) is 3.66. The van der Waals surface area contributed by atoms with Crippen molar-refractivity contribution in [3.05, 3.63) is 58.7 Å². The van der Waals surface area contributed by atoms with Crippen molar-refractivity contribution in [3.8, 4) is 11.5 Å². The minimum Gasteiger partial charge on any atom is -0.497 e. The summed E-state index contributed by atoms with van der Waals surface area (Å²) in [5, 5.41) is 0. The summed E-state index contributed by atoms with van der Waals surface area (Å²) in [7, 11) is 3.38. The van der Waals surface area contributed by atoms with Gasteiger partial charge in [0.15, 0.2) is 0 Å². The number of benzene rings is 2. The van der Waals surface area contributed by atoms with Gasteiger partial charge in [-0.15, -0.1) is 0 Å². The Morgan fingerprint density at radius 1 is 0.800 bits per heavy atom. The monoisotopic (exact) mass is 270 g/mol. The van der Waals surface area contributed by atoms with Crippen molar-refractivity contribution in [2.75, 3.05) is 14.2 Å². The Morgan fingerprint density at radius 2 is 1.55 bits per heavy atom. The topological polar surface area (TPSA) is 18.5 Å². The lowest BCUT2D eigenvalue weighted by Crippen LogP contribution is -1.98. The van der Waals surface area contributed by atoms with E-state index in [2.05, 4.69) is 38.1 Å². The largest absolute Gasteiger partial charge is 0.497 e. The smallest absolute Gasteiger partial charge is 0.125 e. The molecule has 2 aromatic rings. The van der Waals surface area contributed by atoms with Crippen LogP contribution in [0.2, 0.25) is 0 Å². The zero-order valence-corrected chi connectivity index (χ0v) is 12.7. The first-order chi connectivity index (χ1) is 9.63. The molecule has 0 aromatic heterocycles. The first-order valence-electron chi connectivity index (χ1n) is 6.91. The normalized spacial score (nSPS) is 10.4. The number of methoxy groups -OCH3 is 2. The average Bonchev–Trinajstić information content (AvgIpc) is 2.48. The second-order valence-corrected chi connectivity index (χ2v) is 5.11. The highest BCUT2D eigenvalue weighted by Gasteiger charge is 2.06. The van der Waals surface area contributed by atoms with E-state index in [1.807, 2.05) is 12.1 Å². The Kier molecular flexibility index (Phi) is 4.67. The van der Waals surface area contributed by atoms with E-state index >= 15 is 0 Å². The van der Waals surface area contributed by atoms with Gasteiger partial charge >= 0.3 is 0 Å². The molecule has 20 heavy (non-hydrogen) atoms. The van der Waals surface area contributed by atoms with E-state index in [1.54, 1.807) is 14.2 Å². The molecule has 0 aliphatic heterocycles. The van der Waals surface area contributed by atoms with Gasteiger partial charge in [-0.3, -0.25) is 0 Å². The first-order valence-corrected chi connectivity index (χ1v) is 6.91. The van der Waals surface area contributed by atoms with Crippen molar-refractivity contribution < 1.29 is 9.47 Å². The molecule has 0 aliphatic carbocycles. The summed E-state index contributed by atoms with van der Waals surface area (Å²) in [4.78, 5) is 0. The van der Waals surface area contributed by atoms with Gasteiger partial charge in [0, 0.05) is 6.07 Å². The molecule has 2 rings (SSSR count). The van der Waals surface area contributed by atoms with Gasteiger partial charge in [0.25, 0.3) is 0 Å². The number of ether oxygens (including phenoxy) is 2. The number of hydrogen-bond acceptors (Lipinski definition) is 2. The van der Waals surface area contributed by atoms with Gasteiger partial charge in [-0.2, -0.15) is 0 Å². The predicted octanol–water partition coefficient (Wildman–Crippen LogP) is 4.11. The van der Waals surface area contributed by atoms with E-state index in [-0.39, 0.29) is 0 Å². The van der Waals surface area contributed by atoms with Crippen LogP contribution in [-0.4, -0.2) is 14.2 Å². The van der Waals surface area contributed by atoms with E-state index in [1.165, 1.54) is 22.3 Å². The lowest BCUT2D eigenvalue weighted by atomic mass is 9.98. The van der Waals surface area contributed by atoms with Gasteiger partial charge in [0.2, 0.25) is 0 Å². The van der Waals surface area contributed by atoms with Crippen LogP contribution in [0.1, 0.15) is 22.3 Å². The van der Waals surface area contributed by atoms with Crippen molar-refractivity contribution in [1.82, 2.24) is 0 Å². The number of aryl methyl sites for hydroxylation is 4. The molecule has 0 N–H and O–H groups in total. The van der Waals surface area contributed by atoms with Crippen molar-refractivity contribution in [3.63, 3.8) is 0 Å². The van der Waals surface area contributed by atoms with E-state index in [9.17, 15) is 0 Å². The van der Waals surface area contributed by atoms with Crippen LogP contribution in [0.4, 0.5) is 0 Å². The molecular weight excluding hydrogens is 248 g/mol. The highest BCUT2D eigenvalue weighted by Crippen LogP contribution is 2.26. The lowest BCUT2D eigenvalue weighted by molar-refractivity contribution is 0.391. The van der Waals surface area contributed by atoms with E-state index < -0.39 is 0 Å². The van der Waals surface area contributed by atoms with E-state index in [0.29, 0.717) is 0 Å². The second kappa shape index (κ2) is 6.47. The van der Waals surface area contributed by atoms with Crippen LogP contribution in [0, 0.1) is 13.8 Å². The maximum Gasteiger partial charge on any atom is 0.125 e. The Bertz CT molecular complexity index is 588. The standard InChI is InChI=1S/C18H22O2/c1-13-5-6-14(2)16(11-13)8-7-15-9-10-17(19-3)12-18(15)20-4/h5-6,9-12H,7-8H2,1-4H3. The molecule has 106 valence electrons. The molecular formula is C18H22O2.